The van der Waals surface area contributed by atoms with Gasteiger partial charge in [-0.25, -0.2) is 8.42 Å². The molecule has 4 rings (SSSR count). The lowest BCUT2D eigenvalue weighted by molar-refractivity contribution is -0.137. The molecule has 0 aromatic heterocycles. The Labute approximate surface area is 222 Å². The molecule has 202 valence electrons. The zero-order chi connectivity index (χ0) is 28.4. The number of carbonyl (C=O) groups excluding carboxylic acids is 2. The number of rotatable bonds is 7. The number of ether oxygens (including phenoxy) is 1. The fourth-order valence-electron chi connectivity index (χ4n) is 3.94. The number of benzene rings is 3. The molecule has 0 saturated heterocycles. The van der Waals surface area contributed by atoms with Crippen LogP contribution in [0.25, 0.3) is 5.76 Å². The van der Waals surface area contributed by atoms with Gasteiger partial charge < -0.3 is 10.5 Å². The molecule has 7 nitrogen and oxygen atoms in total. The maximum Gasteiger partial charge on any atom is 0.416 e. The quantitative estimate of drug-likeness (QED) is 0.438. The first-order valence-electron chi connectivity index (χ1n) is 11.7. The fraction of sp³-hybridized carbons (Fsp3) is 0.143. The molecule has 39 heavy (non-hydrogen) atoms. The zero-order valence-electron chi connectivity index (χ0n) is 20.6. The number of amides is 2. The predicted octanol–water partition coefficient (Wildman–Crippen LogP) is 5.06. The molecule has 0 radical (unpaired) electrons. The monoisotopic (exact) mass is 556 g/mol. The van der Waals surface area contributed by atoms with Gasteiger partial charge in [0, 0.05) is 22.9 Å². The lowest BCUT2D eigenvalue weighted by atomic mass is 9.98. The van der Waals surface area contributed by atoms with E-state index < -0.39 is 33.4 Å². The average Bonchev–Trinajstić information content (AvgIpc) is 3.10. The minimum atomic E-state index is -4.50. The third kappa shape index (κ3) is 6.20. The van der Waals surface area contributed by atoms with E-state index in [-0.39, 0.29) is 28.4 Å². The summed E-state index contributed by atoms with van der Waals surface area (Å²) in [5.74, 6) is -1.10. The molecule has 1 aliphatic heterocycles. The van der Waals surface area contributed by atoms with Crippen LogP contribution >= 0.6 is 0 Å². The lowest BCUT2D eigenvalue weighted by Gasteiger charge is -2.19. The molecule has 2 amide bonds. The van der Waals surface area contributed by atoms with E-state index in [1.165, 1.54) is 47.5 Å². The van der Waals surface area contributed by atoms with Crippen molar-refractivity contribution in [2.75, 3.05) is 10.7 Å². The van der Waals surface area contributed by atoms with E-state index in [1.807, 2.05) is 0 Å². The lowest BCUT2D eigenvalue weighted by Crippen LogP contribution is -2.23. The molecule has 1 heterocycles. The van der Waals surface area contributed by atoms with E-state index >= 15 is 0 Å². The second-order valence-corrected chi connectivity index (χ2v) is 10.9. The van der Waals surface area contributed by atoms with Gasteiger partial charge in [0.05, 0.1) is 28.7 Å². The van der Waals surface area contributed by atoms with Crippen molar-refractivity contribution in [3.05, 3.63) is 113 Å². The number of hydrogen-bond donors (Lipinski definition) is 1. The molecule has 3 aromatic rings. The Kier molecular flexibility index (Phi) is 7.64. The van der Waals surface area contributed by atoms with E-state index in [4.69, 9.17) is 10.5 Å². The van der Waals surface area contributed by atoms with Crippen LogP contribution in [0.5, 0.6) is 0 Å². The number of nitrogens with zero attached hydrogens (tertiary/aromatic N) is 1. The second-order valence-electron chi connectivity index (χ2n) is 8.63. The second kappa shape index (κ2) is 10.8. The molecule has 2 N–H and O–H groups in total. The number of sulfone groups is 1. The van der Waals surface area contributed by atoms with Gasteiger partial charge in [-0.15, -0.1) is 0 Å². The largest absolute Gasteiger partial charge is 0.463 e. The fourth-order valence-corrected chi connectivity index (χ4v) is 4.83. The van der Waals surface area contributed by atoms with Gasteiger partial charge in [-0.3, -0.25) is 14.5 Å². The van der Waals surface area contributed by atoms with Gasteiger partial charge in [-0.05, 0) is 60.0 Å². The zero-order valence-corrected chi connectivity index (χ0v) is 21.4. The smallest absolute Gasteiger partial charge is 0.416 e. The number of anilines is 1. The number of nitrogens with two attached hydrogens (primary N) is 1. The number of carbonyl (C=O) groups is 2. The van der Waals surface area contributed by atoms with Crippen molar-refractivity contribution >= 4 is 33.1 Å². The third-order valence-electron chi connectivity index (χ3n) is 6.08. The molecule has 0 atom stereocenters. The Balaban J connectivity index is 1.70. The van der Waals surface area contributed by atoms with E-state index in [0.29, 0.717) is 22.4 Å². The first-order chi connectivity index (χ1) is 18.4. The topological polar surface area (TPSA) is 107 Å². The molecule has 11 heteroatoms. The molecular formula is C28H23F3N2O5S. The van der Waals surface area contributed by atoms with Crippen LogP contribution in [-0.4, -0.2) is 26.0 Å². The highest BCUT2D eigenvalue weighted by Gasteiger charge is 2.30. The van der Waals surface area contributed by atoms with Crippen molar-refractivity contribution in [2.45, 2.75) is 24.4 Å². The number of alkyl halides is 3. The maximum absolute atomic E-state index is 13.0. The van der Waals surface area contributed by atoms with Crippen LogP contribution in [0.1, 0.15) is 39.5 Å². The molecule has 0 unspecified atom stereocenters. The Morgan fingerprint density at radius 1 is 1.00 bits per heavy atom. The van der Waals surface area contributed by atoms with Crippen molar-refractivity contribution in [3.8, 4) is 0 Å². The molecule has 0 spiro atoms. The standard InChI is InChI=1S/C28H23F3N2O5S/c1-2-39(36,37)23-10-3-18(4-11-23)15-20-16-22(9-12-24(20)27(32)35)33-17-25(38-14-13-26(33)34)19-5-7-21(8-6-19)28(29,30)31/h3-14,16-17H,2,15H2,1H3,(H2,32,35). The summed E-state index contributed by atoms with van der Waals surface area (Å²) in [5, 5.41) is 0. The normalized spacial score (nSPS) is 14.0. The van der Waals surface area contributed by atoms with Gasteiger partial charge in [0.15, 0.2) is 9.84 Å². The van der Waals surface area contributed by atoms with Crippen LogP contribution < -0.4 is 10.6 Å². The summed E-state index contributed by atoms with van der Waals surface area (Å²) in [6.07, 6.45) is -0.651. The van der Waals surface area contributed by atoms with Gasteiger partial charge in [0.1, 0.15) is 5.76 Å². The van der Waals surface area contributed by atoms with Crippen LogP contribution in [0.2, 0.25) is 0 Å². The Hall–Kier alpha value is -4.38. The highest BCUT2D eigenvalue weighted by molar-refractivity contribution is 7.91. The summed E-state index contributed by atoms with van der Waals surface area (Å²) in [5.41, 5.74) is 6.81. The first kappa shape index (κ1) is 27.6. The number of primary amides is 1. The molecule has 1 aliphatic rings. The highest BCUT2D eigenvalue weighted by atomic mass is 32.2. The van der Waals surface area contributed by atoms with Crippen LogP contribution in [0.4, 0.5) is 18.9 Å². The molecular weight excluding hydrogens is 533 g/mol. The first-order valence-corrected chi connectivity index (χ1v) is 13.3. The van der Waals surface area contributed by atoms with Crippen LogP contribution in [0.15, 0.2) is 90.2 Å². The number of halogens is 3. The van der Waals surface area contributed by atoms with Crippen LogP contribution in [0.3, 0.4) is 0 Å². The maximum atomic E-state index is 13.0. The van der Waals surface area contributed by atoms with E-state index in [9.17, 15) is 31.2 Å². The summed E-state index contributed by atoms with van der Waals surface area (Å²) in [6, 6.07) is 15.1. The minimum absolute atomic E-state index is 0.0375. The van der Waals surface area contributed by atoms with Crippen molar-refractivity contribution < 1.29 is 35.9 Å². The van der Waals surface area contributed by atoms with Gasteiger partial charge in [0.2, 0.25) is 5.91 Å². The predicted molar refractivity (Wildman–Crippen MR) is 139 cm³/mol. The number of hydrogen-bond acceptors (Lipinski definition) is 5. The molecule has 0 bridgehead atoms. The van der Waals surface area contributed by atoms with Crippen molar-refractivity contribution in [1.82, 2.24) is 0 Å². The van der Waals surface area contributed by atoms with E-state index in [0.717, 1.165) is 24.5 Å². The molecule has 0 aliphatic carbocycles. The van der Waals surface area contributed by atoms with Gasteiger partial charge in [-0.2, -0.15) is 13.2 Å². The summed E-state index contributed by atoms with van der Waals surface area (Å²) in [7, 11) is -3.38. The van der Waals surface area contributed by atoms with Crippen LogP contribution in [0, 0.1) is 0 Å². The summed E-state index contributed by atoms with van der Waals surface area (Å²) >= 11 is 0. The molecule has 0 saturated carbocycles. The van der Waals surface area contributed by atoms with E-state index in [2.05, 4.69) is 0 Å². The Bertz CT molecular complexity index is 1580. The van der Waals surface area contributed by atoms with Gasteiger partial charge in [0.25, 0.3) is 5.91 Å². The van der Waals surface area contributed by atoms with Crippen molar-refractivity contribution in [2.24, 2.45) is 5.73 Å². The van der Waals surface area contributed by atoms with E-state index in [1.54, 1.807) is 25.1 Å². The SMILES string of the molecule is CCS(=O)(=O)c1ccc(Cc2cc(N3C=C(c4ccc(C(F)(F)F)cc4)OC=CC3=O)ccc2C(N)=O)cc1. The molecule has 0 fully saturated rings. The molecule has 3 aromatic carbocycles. The Morgan fingerprint density at radius 3 is 2.26 bits per heavy atom. The minimum Gasteiger partial charge on any atom is -0.463 e. The van der Waals surface area contributed by atoms with Crippen molar-refractivity contribution in [1.29, 1.82) is 0 Å². The third-order valence-corrected chi connectivity index (χ3v) is 7.83. The highest BCUT2D eigenvalue weighted by Crippen LogP contribution is 2.32. The summed E-state index contributed by atoms with van der Waals surface area (Å²) in [6.45, 7) is 1.55. The summed E-state index contributed by atoms with van der Waals surface area (Å²) in [4.78, 5) is 26.4. The van der Waals surface area contributed by atoms with Gasteiger partial charge in [-0.1, -0.05) is 31.2 Å². The summed E-state index contributed by atoms with van der Waals surface area (Å²) < 4.78 is 68.6. The van der Waals surface area contributed by atoms with Crippen LogP contribution in [-0.2, 0) is 32.0 Å². The van der Waals surface area contributed by atoms with Crippen molar-refractivity contribution in [3.63, 3.8) is 0 Å². The average molecular weight is 557 g/mol. The Morgan fingerprint density at radius 2 is 1.67 bits per heavy atom. The van der Waals surface area contributed by atoms with Gasteiger partial charge >= 0.3 is 6.18 Å².